The summed E-state index contributed by atoms with van der Waals surface area (Å²) in [5, 5.41) is 8.66. The molecule has 1 rings (SSSR count). The molecule has 0 bridgehead atoms. The lowest BCUT2D eigenvalue weighted by Gasteiger charge is -2.15. The van der Waals surface area contributed by atoms with Gasteiger partial charge >= 0.3 is 5.97 Å². The summed E-state index contributed by atoms with van der Waals surface area (Å²) in [6.45, 7) is 0. The van der Waals surface area contributed by atoms with Crippen LogP contribution < -0.4 is 11.5 Å². The van der Waals surface area contributed by atoms with Crippen molar-refractivity contribution in [3.8, 4) is 0 Å². The van der Waals surface area contributed by atoms with Gasteiger partial charge in [-0.15, -0.1) is 0 Å². The molecule has 0 fully saturated rings. The molecule has 88 valence electrons. The smallest absolute Gasteiger partial charge is 0.322 e. The maximum Gasteiger partial charge on any atom is 0.322 e. The van der Waals surface area contributed by atoms with Gasteiger partial charge in [0.25, 0.3) is 0 Å². The molecule has 0 amide bonds. The zero-order chi connectivity index (χ0) is 12.0. The number of carbonyl (C=O) groups is 1. The fraction of sp³-hybridized carbons (Fsp3) is 0.417. The highest BCUT2D eigenvalue weighted by Gasteiger charge is 2.19. The van der Waals surface area contributed by atoms with Crippen LogP contribution >= 0.6 is 0 Å². The summed E-state index contributed by atoms with van der Waals surface area (Å²) in [4.78, 5) is 10.6. The van der Waals surface area contributed by atoms with E-state index < -0.39 is 18.1 Å². The van der Waals surface area contributed by atoms with Gasteiger partial charge in [0, 0.05) is 6.04 Å². The molecule has 0 saturated carbocycles. The first kappa shape index (κ1) is 12.7. The summed E-state index contributed by atoms with van der Waals surface area (Å²) in [5.74, 6) is -1.03. The Bertz CT molecular complexity index is 327. The van der Waals surface area contributed by atoms with E-state index in [9.17, 15) is 4.79 Å². The maximum atomic E-state index is 10.6. The molecule has 1 unspecified atom stereocenters. The van der Waals surface area contributed by atoms with E-state index in [4.69, 9.17) is 16.6 Å². The molecular formula is C12H18N2O2. The summed E-state index contributed by atoms with van der Waals surface area (Å²) in [7, 11) is 0. The minimum Gasteiger partial charge on any atom is -0.480 e. The van der Waals surface area contributed by atoms with Crippen molar-refractivity contribution in [1.29, 1.82) is 0 Å². The van der Waals surface area contributed by atoms with Crippen molar-refractivity contribution in [3.63, 3.8) is 0 Å². The molecule has 0 aliphatic carbocycles. The average Bonchev–Trinajstić information content (AvgIpc) is 2.29. The number of nitrogens with two attached hydrogens (primary N) is 2. The molecule has 4 heteroatoms. The number of benzene rings is 1. The van der Waals surface area contributed by atoms with Gasteiger partial charge < -0.3 is 16.6 Å². The number of aliphatic carboxylic acids is 1. The molecule has 1 aromatic carbocycles. The molecule has 0 aliphatic rings. The zero-order valence-corrected chi connectivity index (χ0v) is 9.17. The molecule has 16 heavy (non-hydrogen) atoms. The third-order valence-electron chi connectivity index (χ3n) is 2.59. The molecule has 0 saturated heterocycles. The Hall–Kier alpha value is -1.39. The predicted molar refractivity (Wildman–Crippen MR) is 63.0 cm³/mol. The first-order valence-corrected chi connectivity index (χ1v) is 5.39. The summed E-state index contributed by atoms with van der Waals surface area (Å²) >= 11 is 0. The average molecular weight is 222 g/mol. The molecular weight excluding hydrogens is 204 g/mol. The van der Waals surface area contributed by atoms with Crippen LogP contribution in [0.1, 0.15) is 18.4 Å². The molecule has 5 N–H and O–H groups in total. The van der Waals surface area contributed by atoms with Crippen LogP contribution in [0.5, 0.6) is 0 Å². The van der Waals surface area contributed by atoms with E-state index in [0.29, 0.717) is 6.42 Å². The van der Waals surface area contributed by atoms with Gasteiger partial charge in [0.15, 0.2) is 0 Å². The van der Waals surface area contributed by atoms with Crippen LogP contribution in [-0.2, 0) is 11.2 Å². The van der Waals surface area contributed by atoms with Crippen LogP contribution in [-0.4, -0.2) is 23.2 Å². The lowest BCUT2D eigenvalue weighted by atomic mass is 10.0. The Morgan fingerprint density at radius 2 is 1.88 bits per heavy atom. The second-order valence-electron chi connectivity index (χ2n) is 3.91. The normalized spacial score (nSPS) is 14.4. The van der Waals surface area contributed by atoms with Crippen molar-refractivity contribution in [2.75, 3.05) is 0 Å². The van der Waals surface area contributed by atoms with E-state index in [1.54, 1.807) is 0 Å². The van der Waals surface area contributed by atoms with E-state index in [2.05, 4.69) is 0 Å². The third-order valence-corrected chi connectivity index (χ3v) is 2.59. The highest BCUT2D eigenvalue weighted by Crippen LogP contribution is 2.06. The van der Waals surface area contributed by atoms with Gasteiger partial charge in [-0.25, -0.2) is 0 Å². The summed E-state index contributed by atoms with van der Waals surface area (Å²) < 4.78 is 0. The van der Waals surface area contributed by atoms with Crippen LogP contribution in [0.4, 0.5) is 0 Å². The van der Waals surface area contributed by atoms with Gasteiger partial charge in [-0.3, -0.25) is 4.79 Å². The van der Waals surface area contributed by atoms with E-state index in [-0.39, 0.29) is 0 Å². The monoisotopic (exact) mass is 222 g/mol. The van der Waals surface area contributed by atoms with Crippen molar-refractivity contribution >= 4 is 5.97 Å². The van der Waals surface area contributed by atoms with Gasteiger partial charge in [0.05, 0.1) is 0 Å². The number of aryl methyl sites for hydroxylation is 1. The van der Waals surface area contributed by atoms with Gasteiger partial charge in [0.1, 0.15) is 6.04 Å². The van der Waals surface area contributed by atoms with Crippen LogP contribution in [0.15, 0.2) is 30.3 Å². The van der Waals surface area contributed by atoms with E-state index >= 15 is 0 Å². The standard InChI is InChI=1S/C12H18N2O2/c13-10(11(14)12(15)16)8-4-7-9-5-2-1-3-6-9/h1-3,5-6,10-11H,4,7-8,13-14H2,(H,15,16)/t10?,11-/m0/s1. The van der Waals surface area contributed by atoms with Crippen molar-refractivity contribution in [2.24, 2.45) is 11.5 Å². The summed E-state index contributed by atoms with van der Waals surface area (Å²) in [6.07, 6.45) is 2.38. The zero-order valence-electron chi connectivity index (χ0n) is 9.17. The Morgan fingerprint density at radius 1 is 1.25 bits per heavy atom. The highest BCUT2D eigenvalue weighted by molar-refractivity contribution is 5.74. The Kier molecular flexibility index (Phi) is 4.95. The first-order valence-electron chi connectivity index (χ1n) is 5.39. The SMILES string of the molecule is NC(CCCc1ccccc1)[C@H](N)C(=O)O. The number of rotatable bonds is 6. The Labute approximate surface area is 95.3 Å². The van der Waals surface area contributed by atoms with Crippen LogP contribution in [0.3, 0.4) is 0 Å². The number of carboxylic acids is 1. The van der Waals surface area contributed by atoms with E-state index in [1.807, 2.05) is 30.3 Å². The molecule has 0 radical (unpaired) electrons. The molecule has 0 aromatic heterocycles. The van der Waals surface area contributed by atoms with E-state index in [1.165, 1.54) is 5.56 Å². The summed E-state index contributed by atoms with van der Waals surface area (Å²) in [5.41, 5.74) is 12.3. The van der Waals surface area contributed by atoms with Crippen molar-refractivity contribution in [3.05, 3.63) is 35.9 Å². The lowest BCUT2D eigenvalue weighted by molar-refractivity contribution is -0.139. The second kappa shape index (κ2) is 6.25. The van der Waals surface area contributed by atoms with Gasteiger partial charge in [-0.1, -0.05) is 30.3 Å². The Morgan fingerprint density at radius 3 is 2.44 bits per heavy atom. The van der Waals surface area contributed by atoms with Crippen LogP contribution in [0.25, 0.3) is 0 Å². The molecule has 0 spiro atoms. The van der Waals surface area contributed by atoms with E-state index in [0.717, 1.165) is 12.8 Å². The second-order valence-corrected chi connectivity index (χ2v) is 3.91. The Balaban J connectivity index is 2.28. The number of hydrogen-bond donors (Lipinski definition) is 3. The van der Waals surface area contributed by atoms with Crippen LogP contribution in [0, 0.1) is 0 Å². The number of hydrogen-bond acceptors (Lipinski definition) is 3. The third kappa shape index (κ3) is 4.00. The van der Waals surface area contributed by atoms with Gasteiger partial charge in [-0.05, 0) is 24.8 Å². The molecule has 0 aliphatic heterocycles. The topological polar surface area (TPSA) is 89.3 Å². The number of carboxylic acid groups (broad SMARTS) is 1. The fourth-order valence-corrected chi connectivity index (χ4v) is 1.55. The lowest BCUT2D eigenvalue weighted by Crippen LogP contribution is -2.46. The predicted octanol–water partition coefficient (Wildman–Crippen LogP) is 0.748. The largest absolute Gasteiger partial charge is 0.480 e. The van der Waals surface area contributed by atoms with Gasteiger partial charge in [-0.2, -0.15) is 0 Å². The molecule has 4 nitrogen and oxygen atoms in total. The quantitative estimate of drug-likeness (QED) is 0.662. The van der Waals surface area contributed by atoms with Crippen molar-refractivity contribution in [1.82, 2.24) is 0 Å². The van der Waals surface area contributed by atoms with Crippen molar-refractivity contribution < 1.29 is 9.90 Å². The fourth-order valence-electron chi connectivity index (χ4n) is 1.55. The highest BCUT2D eigenvalue weighted by atomic mass is 16.4. The van der Waals surface area contributed by atoms with Crippen LogP contribution in [0.2, 0.25) is 0 Å². The first-order chi connectivity index (χ1) is 7.61. The molecule has 0 heterocycles. The molecule has 1 aromatic rings. The maximum absolute atomic E-state index is 10.6. The van der Waals surface area contributed by atoms with Gasteiger partial charge in [0.2, 0.25) is 0 Å². The molecule has 2 atom stereocenters. The minimum atomic E-state index is -1.03. The summed E-state index contributed by atoms with van der Waals surface area (Å²) in [6, 6.07) is 8.59. The van der Waals surface area contributed by atoms with Crippen molar-refractivity contribution in [2.45, 2.75) is 31.3 Å². The minimum absolute atomic E-state index is 0.471.